The number of nitrogen functional groups attached to an aromatic ring is 1. The first kappa shape index (κ1) is 18.1. The summed E-state index contributed by atoms with van der Waals surface area (Å²) >= 11 is 0. The molecule has 0 saturated carbocycles. The highest BCUT2D eigenvalue weighted by molar-refractivity contribution is 5.96. The first-order valence-electron chi connectivity index (χ1n) is 7.20. The fourth-order valence-electron chi connectivity index (χ4n) is 2.30. The second kappa shape index (κ2) is 7.85. The minimum absolute atomic E-state index is 0. The predicted octanol–water partition coefficient (Wildman–Crippen LogP) is 3.83. The van der Waals surface area contributed by atoms with Gasteiger partial charge in [0.15, 0.2) is 0 Å². The lowest BCUT2D eigenvalue weighted by molar-refractivity contribution is 0.0784. The van der Waals surface area contributed by atoms with Gasteiger partial charge in [-0.1, -0.05) is 37.3 Å². The number of amides is 1. The Kier molecular flexibility index (Phi) is 6.44. The number of carbonyl (C=O) groups excluding carboxylic acids is 1. The van der Waals surface area contributed by atoms with Crippen LogP contribution in [0.3, 0.4) is 0 Å². The molecule has 2 aromatic carbocycles. The maximum absolute atomic E-state index is 12.5. The van der Waals surface area contributed by atoms with Crippen molar-refractivity contribution >= 4 is 24.0 Å². The van der Waals surface area contributed by atoms with Crippen LogP contribution in [0.25, 0.3) is 0 Å². The van der Waals surface area contributed by atoms with Crippen molar-refractivity contribution in [3.05, 3.63) is 64.7 Å². The summed E-state index contributed by atoms with van der Waals surface area (Å²) in [5.74, 6) is -0.000585. The quantitative estimate of drug-likeness (QED) is 0.871. The van der Waals surface area contributed by atoms with Crippen LogP contribution >= 0.6 is 12.4 Å². The van der Waals surface area contributed by atoms with E-state index in [1.807, 2.05) is 26.1 Å². The molecule has 0 unspecified atom stereocenters. The van der Waals surface area contributed by atoms with Crippen LogP contribution in [-0.4, -0.2) is 17.9 Å². The van der Waals surface area contributed by atoms with Crippen molar-refractivity contribution in [2.45, 2.75) is 26.8 Å². The van der Waals surface area contributed by atoms with Gasteiger partial charge in [0.2, 0.25) is 0 Å². The monoisotopic (exact) mass is 318 g/mol. The molecule has 2 aromatic rings. The molecule has 1 amide bonds. The second-order valence-corrected chi connectivity index (χ2v) is 5.41. The summed E-state index contributed by atoms with van der Waals surface area (Å²) in [7, 11) is 1.82. The van der Waals surface area contributed by atoms with Crippen LogP contribution in [0.15, 0.2) is 42.5 Å². The molecule has 0 fully saturated rings. The molecule has 2 N–H and O–H groups in total. The number of hydrogen-bond donors (Lipinski definition) is 1. The SMILES string of the molecule is CCc1ccc(CN(C)C(=O)c2cc(N)ccc2C)cc1.Cl. The highest BCUT2D eigenvalue weighted by Crippen LogP contribution is 2.16. The summed E-state index contributed by atoms with van der Waals surface area (Å²) in [5, 5.41) is 0. The van der Waals surface area contributed by atoms with Crippen molar-refractivity contribution in [2.24, 2.45) is 0 Å². The van der Waals surface area contributed by atoms with Crippen LogP contribution < -0.4 is 5.73 Å². The summed E-state index contributed by atoms with van der Waals surface area (Å²) in [6, 6.07) is 13.8. The topological polar surface area (TPSA) is 46.3 Å². The minimum Gasteiger partial charge on any atom is -0.399 e. The van der Waals surface area contributed by atoms with Crippen LogP contribution in [0.2, 0.25) is 0 Å². The van der Waals surface area contributed by atoms with Crippen LogP contribution in [-0.2, 0) is 13.0 Å². The van der Waals surface area contributed by atoms with Crippen LogP contribution in [0.4, 0.5) is 5.69 Å². The Labute approximate surface area is 138 Å². The minimum atomic E-state index is -0.000585. The molecule has 0 heterocycles. The third-order valence-corrected chi connectivity index (χ3v) is 3.69. The molecule has 0 aliphatic carbocycles. The average molecular weight is 319 g/mol. The van der Waals surface area contributed by atoms with E-state index < -0.39 is 0 Å². The molecule has 0 aromatic heterocycles. The largest absolute Gasteiger partial charge is 0.399 e. The van der Waals surface area contributed by atoms with Gasteiger partial charge < -0.3 is 10.6 Å². The van der Waals surface area contributed by atoms with Gasteiger partial charge in [-0.05, 0) is 42.2 Å². The van der Waals surface area contributed by atoms with Crippen molar-refractivity contribution in [3.8, 4) is 0 Å². The summed E-state index contributed by atoms with van der Waals surface area (Å²) in [6.45, 7) is 4.65. The fraction of sp³-hybridized carbons (Fsp3) is 0.278. The Hall–Kier alpha value is -2.00. The van der Waals surface area contributed by atoms with E-state index in [1.54, 1.807) is 11.0 Å². The Morgan fingerprint density at radius 1 is 1.09 bits per heavy atom. The number of carbonyl (C=O) groups is 1. The lowest BCUT2D eigenvalue weighted by Crippen LogP contribution is -2.27. The van der Waals surface area contributed by atoms with Crippen LogP contribution in [0.1, 0.15) is 34.0 Å². The Morgan fingerprint density at radius 2 is 1.68 bits per heavy atom. The molecule has 4 heteroatoms. The summed E-state index contributed by atoms with van der Waals surface area (Å²) in [4.78, 5) is 14.2. The molecule has 0 aliphatic rings. The Bertz CT molecular complexity index is 638. The molecule has 118 valence electrons. The van der Waals surface area contributed by atoms with Gasteiger partial charge in [-0.25, -0.2) is 0 Å². The van der Waals surface area contributed by atoms with Crippen molar-refractivity contribution in [1.29, 1.82) is 0 Å². The summed E-state index contributed by atoms with van der Waals surface area (Å²) in [6.07, 6.45) is 1.03. The summed E-state index contributed by atoms with van der Waals surface area (Å²) < 4.78 is 0. The van der Waals surface area contributed by atoms with E-state index in [0.717, 1.165) is 17.5 Å². The molecule has 0 radical (unpaired) electrons. The zero-order valence-corrected chi connectivity index (χ0v) is 14.1. The molecular formula is C18H23ClN2O. The number of nitrogens with zero attached hydrogens (tertiary/aromatic N) is 1. The second-order valence-electron chi connectivity index (χ2n) is 5.41. The van der Waals surface area contributed by atoms with Gasteiger partial charge in [0.1, 0.15) is 0 Å². The number of hydrogen-bond acceptors (Lipinski definition) is 2. The fourth-order valence-corrected chi connectivity index (χ4v) is 2.30. The van der Waals surface area contributed by atoms with Crippen molar-refractivity contribution < 1.29 is 4.79 Å². The van der Waals surface area contributed by atoms with Gasteiger partial charge in [-0.3, -0.25) is 4.79 Å². The van der Waals surface area contributed by atoms with Gasteiger partial charge in [0.05, 0.1) is 0 Å². The van der Waals surface area contributed by atoms with Gasteiger partial charge >= 0.3 is 0 Å². The first-order chi connectivity index (χ1) is 10.0. The van der Waals surface area contributed by atoms with E-state index in [9.17, 15) is 4.79 Å². The number of anilines is 1. The normalized spacial score (nSPS) is 9.95. The van der Waals surface area contributed by atoms with E-state index in [4.69, 9.17) is 5.73 Å². The van der Waals surface area contributed by atoms with E-state index in [0.29, 0.717) is 17.8 Å². The molecule has 3 nitrogen and oxygen atoms in total. The number of aryl methyl sites for hydroxylation is 2. The zero-order valence-electron chi connectivity index (χ0n) is 13.3. The Balaban J connectivity index is 0.00000242. The highest BCUT2D eigenvalue weighted by Gasteiger charge is 2.14. The van der Waals surface area contributed by atoms with E-state index in [-0.39, 0.29) is 18.3 Å². The lowest BCUT2D eigenvalue weighted by atomic mass is 10.1. The molecule has 0 spiro atoms. The van der Waals surface area contributed by atoms with Crippen molar-refractivity contribution in [3.63, 3.8) is 0 Å². The highest BCUT2D eigenvalue weighted by atomic mass is 35.5. The molecule has 22 heavy (non-hydrogen) atoms. The third kappa shape index (κ3) is 4.25. The standard InChI is InChI=1S/C18H22N2O.ClH/c1-4-14-6-8-15(9-7-14)12-20(3)18(21)17-11-16(19)10-5-13(17)2;/h5-11H,4,12,19H2,1-3H3;1H. The molecule has 2 rings (SSSR count). The number of benzene rings is 2. The summed E-state index contributed by atoms with van der Waals surface area (Å²) in [5.41, 5.74) is 10.4. The predicted molar refractivity (Wildman–Crippen MR) is 94.5 cm³/mol. The maximum Gasteiger partial charge on any atom is 0.254 e. The third-order valence-electron chi connectivity index (χ3n) is 3.69. The van der Waals surface area contributed by atoms with E-state index in [1.165, 1.54) is 5.56 Å². The van der Waals surface area contributed by atoms with Gasteiger partial charge in [-0.15, -0.1) is 12.4 Å². The van der Waals surface area contributed by atoms with E-state index in [2.05, 4.69) is 31.2 Å². The van der Waals surface area contributed by atoms with Crippen molar-refractivity contribution in [1.82, 2.24) is 4.90 Å². The molecule has 0 aliphatic heterocycles. The van der Waals surface area contributed by atoms with Gasteiger partial charge in [0, 0.05) is 24.8 Å². The number of nitrogens with two attached hydrogens (primary N) is 1. The molecule has 0 bridgehead atoms. The van der Waals surface area contributed by atoms with Crippen LogP contribution in [0, 0.1) is 6.92 Å². The lowest BCUT2D eigenvalue weighted by Gasteiger charge is -2.19. The van der Waals surface area contributed by atoms with Crippen molar-refractivity contribution in [2.75, 3.05) is 12.8 Å². The molecule has 0 atom stereocenters. The Morgan fingerprint density at radius 3 is 2.27 bits per heavy atom. The first-order valence-corrected chi connectivity index (χ1v) is 7.20. The van der Waals surface area contributed by atoms with Crippen LogP contribution in [0.5, 0.6) is 0 Å². The smallest absolute Gasteiger partial charge is 0.254 e. The molecular weight excluding hydrogens is 296 g/mol. The number of halogens is 1. The zero-order chi connectivity index (χ0) is 15.4. The average Bonchev–Trinajstić information content (AvgIpc) is 2.49. The van der Waals surface area contributed by atoms with Gasteiger partial charge in [0.25, 0.3) is 5.91 Å². The molecule has 0 saturated heterocycles. The number of rotatable bonds is 4. The van der Waals surface area contributed by atoms with Gasteiger partial charge in [-0.2, -0.15) is 0 Å². The maximum atomic E-state index is 12.5. The van der Waals surface area contributed by atoms with E-state index >= 15 is 0 Å².